The number of nitrogens with one attached hydrogen (secondary N) is 1. The van der Waals surface area contributed by atoms with E-state index in [9.17, 15) is 0 Å². The zero-order valence-electron chi connectivity index (χ0n) is 11.9. The summed E-state index contributed by atoms with van der Waals surface area (Å²) in [4.78, 5) is 0. The molecule has 0 radical (unpaired) electrons. The van der Waals surface area contributed by atoms with Gasteiger partial charge in [-0.15, -0.1) is 0 Å². The number of ether oxygens (including phenoxy) is 2. The van der Waals surface area contributed by atoms with Crippen molar-refractivity contribution in [3.05, 3.63) is 0 Å². The maximum atomic E-state index is 5.76. The third kappa shape index (κ3) is 4.57. The first kappa shape index (κ1) is 14.9. The molecule has 0 spiro atoms. The molecule has 17 heavy (non-hydrogen) atoms. The lowest BCUT2D eigenvalue weighted by atomic mass is 9.78. The van der Waals surface area contributed by atoms with E-state index in [1.165, 1.54) is 6.42 Å². The van der Waals surface area contributed by atoms with Crippen molar-refractivity contribution in [1.29, 1.82) is 0 Å². The molecule has 0 amide bonds. The quantitative estimate of drug-likeness (QED) is 0.665. The largest absolute Gasteiger partial charge is 0.379 e. The Balaban J connectivity index is 2.41. The zero-order valence-corrected chi connectivity index (χ0v) is 11.9. The van der Waals surface area contributed by atoms with Crippen LogP contribution in [0, 0.1) is 5.41 Å². The molecule has 1 heterocycles. The Labute approximate surface area is 106 Å². The summed E-state index contributed by atoms with van der Waals surface area (Å²) < 4.78 is 11.5. The molecule has 0 aromatic rings. The predicted octanol–water partition coefficient (Wildman–Crippen LogP) is 2.60. The highest BCUT2D eigenvalue weighted by Gasteiger charge is 2.40. The van der Waals surface area contributed by atoms with E-state index in [1.54, 1.807) is 0 Å². The van der Waals surface area contributed by atoms with Crippen LogP contribution in [0.4, 0.5) is 0 Å². The summed E-state index contributed by atoms with van der Waals surface area (Å²) in [5.41, 5.74) is 0.282. The number of hydrogen-bond acceptors (Lipinski definition) is 3. The number of hydrogen-bond donors (Lipinski definition) is 1. The molecule has 1 fully saturated rings. The van der Waals surface area contributed by atoms with E-state index in [-0.39, 0.29) is 5.41 Å². The van der Waals surface area contributed by atoms with E-state index in [0.717, 1.165) is 39.1 Å². The summed E-state index contributed by atoms with van der Waals surface area (Å²) in [6, 6.07) is 0. The first-order valence-electron chi connectivity index (χ1n) is 7.04. The molecule has 0 saturated carbocycles. The smallest absolute Gasteiger partial charge is 0.0617 e. The first-order chi connectivity index (χ1) is 8.10. The standard InChI is InChI=1S/C14H29NO2/c1-5-8-15-11-14(6-9-16-12(2)3)7-10-17-13(14)4/h12-13,15H,5-11H2,1-4H3. The van der Waals surface area contributed by atoms with Crippen molar-refractivity contribution in [2.45, 2.75) is 59.2 Å². The molecule has 1 aliphatic heterocycles. The van der Waals surface area contributed by atoms with Crippen LogP contribution in [0.15, 0.2) is 0 Å². The van der Waals surface area contributed by atoms with E-state index in [2.05, 4.69) is 33.0 Å². The minimum absolute atomic E-state index is 0.282. The molecule has 2 atom stereocenters. The fourth-order valence-electron chi connectivity index (χ4n) is 2.48. The van der Waals surface area contributed by atoms with E-state index in [0.29, 0.717) is 12.2 Å². The fraction of sp³-hybridized carbons (Fsp3) is 1.00. The SMILES string of the molecule is CCCNCC1(CCOC(C)C)CCOC1C. The third-order valence-corrected chi connectivity index (χ3v) is 3.79. The van der Waals surface area contributed by atoms with Crippen molar-refractivity contribution in [2.24, 2.45) is 5.41 Å². The van der Waals surface area contributed by atoms with Gasteiger partial charge in [0, 0.05) is 25.2 Å². The van der Waals surface area contributed by atoms with Crippen molar-refractivity contribution < 1.29 is 9.47 Å². The van der Waals surface area contributed by atoms with Crippen LogP contribution in [-0.4, -0.2) is 38.5 Å². The van der Waals surface area contributed by atoms with Crippen LogP contribution in [0.3, 0.4) is 0 Å². The molecule has 0 bridgehead atoms. The summed E-state index contributed by atoms with van der Waals surface area (Å²) in [7, 11) is 0. The molecule has 2 unspecified atom stereocenters. The van der Waals surface area contributed by atoms with Crippen molar-refractivity contribution in [2.75, 3.05) is 26.3 Å². The van der Waals surface area contributed by atoms with E-state index in [1.807, 2.05) is 0 Å². The highest BCUT2D eigenvalue weighted by atomic mass is 16.5. The molecule has 3 heteroatoms. The zero-order chi connectivity index (χ0) is 12.7. The number of rotatable bonds is 8. The van der Waals surface area contributed by atoms with Crippen molar-refractivity contribution in [1.82, 2.24) is 5.32 Å². The third-order valence-electron chi connectivity index (χ3n) is 3.79. The average molecular weight is 243 g/mol. The van der Waals surface area contributed by atoms with Crippen LogP contribution in [0.2, 0.25) is 0 Å². The monoisotopic (exact) mass is 243 g/mol. The normalized spacial score (nSPS) is 29.1. The van der Waals surface area contributed by atoms with Crippen LogP contribution in [0.25, 0.3) is 0 Å². The van der Waals surface area contributed by atoms with Crippen LogP contribution in [0.5, 0.6) is 0 Å². The van der Waals surface area contributed by atoms with Crippen molar-refractivity contribution >= 4 is 0 Å². The van der Waals surface area contributed by atoms with Gasteiger partial charge in [0.1, 0.15) is 0 Å². The fourth-order valence-corrected chi connectivity index (χ4v) is 2.48. The predicted molar refractivity (Wildman–Crippen MR) is 71.3 cm³/mol. The Morgan fingerprint density at radius 1 is 1.47 bits per heavy atom. The van der Waals surface area contributed by atoms with Crippen LogP contribution < -0.4 is 5.32 Å². The van der Waals surface area contributed by atoms with Gasteiger partial charge >= 0.3 is 0 Å². The summed E-state index contributed by atoms with van der Waals surface area (Å²) in [5.74, 6) is 0. The van der Waals surface area contributed by atoms with Gasteiger partial charge in [0.25, 0.3) is 0 Å². The highest BCUT2D eigenvalue weighted by Crippen LogP contribution is 2.37. The van der Waals surface area contributed by atoms with Crippen LogP contribution in [0.1, 0.15) is 47.0 Å². The van der Waals surface area contributed by atoms with Gasteiger partial charge in [-0.1, -0.05) is 6.92 Å². The Morgan fingerprint density at radius 3 is 2.76 bits per heavy atom. The topological polar surface area (TPSA) is 30.5 Å². The summed E-state index contributed by atoms with van der Waals surface area (Å²) in [6.07, 6.45) is 4.12. The van der Waals surface area contributed by atoms with Gasteiger partial charge in [0.15, 0.2) is 0 Å². The molecule has 1 N–H and O–H groups in total. The Hall–Kier alpha value is -0.120. The maximum Gasteiger partial charge on any atom is 0.0617 e. The van der Waals surface area contributed by atoms with Gasteiger partial charge in [-0.25, -0.2) is 0 Å². The molecular weight excluding hydrogens is 214 g/mol. The van der Waals surface area contributed by atoms with Crippen LogP contribution >= 0.6 is 0 Å². The van der Waals surface area contributed by atoms with E-state index >= 15 is 0 Å². The summed E-state index contributed by atoms with van der Waals surface area (Å²) in [5, 5.41) is 3.55. The average Bonchev–Trinajstić information content (AvgIpc) is 2.61. The van der Waals surface area contributed by atoms with Crippen LogP contribution in [-0.2, 0) is 9.47 Å². The van der Waals surface area contributed by atoms with Gasteiger partial charge in [-0.3, -0.25) is 0 Å². The second-order valence-corrected chi connectivity index (χ2v) is 5.47. The first-order valence-corrected chi connectivity index (χ1v) is 7.04. The molecular formula is C14H29NO2. The lowest BCUT2D eigenvalue weighted by Crippen LogP contribution is -2.40. The molecule has 1 aliphatic rings. The summed E-state index contributed by atoms with van der Waals surface area (Å²) in [6.45, 7) is 12.5. The highest BCUT2D eigenvalue weighted by molar-refractivity contribution is 4.91. The van der Waals surface area contributed by atoms with Gasteiger partial charge < -0.3 is 14.8 Å². The van der Waals surface area contributed by atoms with Gasteiger partial charge in [0.2, 0.25) is 0 Å². The molecule has 3 nitrogen and oxygen atoms in total. The molecule has 0 aromatic carbocycles. The lowest BCUT2D eigenvalue weighted by Gasteiger charge is -2.33. The molecule has 1 rings (SSSR count). The Bertz CT molecular complexity index is 208. The van der Waals surface area contributed by atoms with Crippen molar-refractivity contribution in [3.63, 3.8) is 0 Å². The molecule has 1 saturated heterocycles. The second kappa shape index (κ2) is 7.34. The maximum absolute atomic E-state index is 5.76. The molecule has 102 valence electrons. The Kier molecular flexibility index (Phi) is 6.45. The Morgan fingerprint density at radius 2 is 2.24 bits per heavy atom. The second-order valence-electron chi connectivity index (χ2n) is 5.47. The molecule has 0 aliphatic carbocycles. The molecule has 0 aromatic heterocycles. The van der Waals surface area contributed by atoms with Gasteiger partial charge in [0.05, 0.1) is 12.2 Å². The van der Waals surface area contributed by atoms with Gasteiger partial charge in [-0.2, -0.15) is 0 Å². The minimum atomic E-state index is 0.282. The van der Waals surface area contributed by atoms with Crippen molar-refractivity contribution in [3.8, 4) is 0 Å². The lowest BCUT2D eigenvalue weighted by molar-refractivity contribution is 0.0170. The van der Waals surface area contributed by atoms with E-state index in [4.69, 9.17) is 9.47 Å². The summed E-state index contributed by atoms with van der Waals surface area (Å²) >= 11 is 0. The minimum Gasteiger partial charge on any atom is -0.379 e. The van der Waals surface area contributed by atoms with Gasteiger partial charge in [-0.05, 0) is 46.6 Å². The van der Waals surface area contributed by atoms with E-state index < -0.39 is 0 Å².